The van der Waals surface area contributed by atoms with Crippen LogP contribution >= 0.6 is 0 Å². The zero-order chi connectivity index (χ0) is 14.8. The summed E-state index contributed by atoms with van der Waals surface area (Å²) >= 11 is 0. The predicted molar refractivity (Wildman–Crippen MR) is 86.8 cm³/mol. The number of hydrogen-bond donors (Lipinski definition) is 2. The molecule has 2 N–H and O–H groups in total. The van der Waals surface area contributed by atoms with Gasteiger partial charge in [-0.2, -0.15) is 0 Å². The van der Waals surface area contributed by atoms with Gasteiger partial charge in [0.15, 0.2) is 0 Å². The summed E-state index contributed by atoms with van der Waals surface area (Å²) in [7, 11) is 1.91. The van der Waals surface area contributed by atoms with Crippen LogP contribution in [0.15, 0.2) is 24.3 Å². The van der Waals surface area contributed by atoms with Crippen LogP contribution in [0, 0.1) is 13.8 Å². The van der Waals surface area contributed by atoms with Crippen LogP contribution < -0.4 is 10.6 Å². The van der Waals surface area contributed by atoms with Crippen molar-refractivity contribution in [2.45, 2.75) is 39.2 Å². The molecule has 3 rings (SSSR count). The Bertz CT molecular complexity index is 647. The van der Waals surface area contributed by atoms with E-state index >= 15 is 0 Å². The lowest BCUT2D eigenvalue weighted by atomic mass is 10.1. The molecule has 0 unspecified atom stereocenters. The Kier molecular flexibility index (Phi) is 3.78. The molecule has 0 atom stereocenters. The van der Waals surface area contributed by atoms with Gasteiger partial charge in [0.1, 0.15) is 17.5 Å². The minimum atomic E-state index is 0.553. The van der Waals surface area contributed by atoms with E-state index in [1.54, 1.807) is 0 Å². The van der Waals surface area contributed by atoms with Crippen LogP contribution in [-0.2, 0) is 6.54 Å². The average Bonchev–Trinajstić information content (AvgIpc) is 3.32. The maximum Gasteiger partial charge on any atom is 0.136 e. The normalized spacial score (nSPS) is 14.0. The fourth-order valence-electron chi connectivity index (χ4n) is 2.46. The quantitative estimate of drug-likeness (QED) is 0.879. The minimum absolute atomic E-state index is 0.553. The summed E-state index contributed by atoms with van der Waals surface area (Å²) in [6, 6.07) is 8.43. The van der Waals surface area contributed by atoms with E-state index in [-0.39, 0.29) is 0 Å². The highest BCUT2D eigenvalue weighted by atomic mass is 15.1. The molecule has 0 spiro atoms. The molecule has 1 fully saturated rings. The third-order valence-electron chi connectivity index (χ3n) is 4.05. The van der Waals surface area contributed by atoms with Gasteiger partial charge in [-0.3, -0.25) is 0 Å². The molecule has 0 radical (unpaired) electrons. The van der Waals surface area contributed by atoms with Gasteiger partial charge in [-0.15, -0.1) is 0 Å². The summed E-state index contributed by atoms with van der Waals surface area (Å²) in [6.07, 6.45) is 2.42. The van der Waals surface area contributed by atoms with Crippen LogP contribution in [0.3, 0.4) is 0 Å². The number of aromatic nitrogens is 2. The SMILES string of the molecule is CNc1nc(C2CC2)nc(NCc2ccccc2C)c1C. The van der Waals surface area contributed by atoms with Crippen molar-refractivity contribution < 1.29 is 0 Å². The minimum Gasteiger partial charge on any atom is -0.373 e. The van der Waals surface area contributed by atoms with E-state index in [1.165, 1.54) is 24.0 Å². The lowest BCUT2D eigenvalue weighted by Gasteiger charge is -2.14. The molecule has 4 heteroatoms. The number of aryl methyl sites for hydroxylation is 1. The van der Waals surface area contributed by atoms with Gasteiger partial charge in [0, 0.05) is 25.1 Å². The Morgan fingerprint density at radius 2 is 1.81 bits per heavy atom. The van der Waals surface area contributed by atoms with Crippen LogP contribution in [0.5, 0.6) is 0 Å². The maximum absolute atomic E-state index is 4.73. The predicted octanol–water partition coefficient (Wildman–Crippen LogP) is 3.62. The molecule has 4 nitrogen and oxygen atoms in total. The molecule has 0 aliphatic heterocycles. The summed E-state index contributed by atoms with van der Waals surface area (Å²) in [4.78, 5) is 9.35. The largest absolute Gasteiger partial charge is 0.373 e. The second kappa shape index (κ2) is 5.72. The van der Waals surface area contributed by atoms with Crippen molar-refractivity contribution in [2.75, 3.05) is 17.7 Å². The van der Waals surface area contributed by atoms with Crippen molar-refractivity contribution in [3.05, 3.63) is 46.8 Å². The molecule has 21 heavy (non-hydrogen) atoms. The van der Waals surface area contributed by atoms with Crippen molar-refractivity contribution in [3.63, 3.8) is 0 Å². The highest BCUT2D eigenvalue weighted by molar-refractivity contribution is 5.57. The van der Waals surface area contributed by atoms with E-state index < -0.39 is 0 Å². The summed E-state index contributed by atoms with van der Waals surface area (Å²) in [6.45, 7) is 4.99. The monoisotopic (exact) mass is 282 g/mol. The van der Waals surface area contributed by atoms with Crippen molar-refractivity contribution in [2.24, 2.45) is 0 Å². The van der Waals surface area contributed by atoms with E-state index in [0.29, 0.717) is 5.92 Å². The summed E-state index contributed by atoms with van der Waals surface area (Å²) in [5.74, 6) is 3.40. The second-order valence-electron chi connectivity index (χ2n) is 5.71. The Balaban J connectivity index is 1.84. The maximum atomic E-state index is 4.73. The fraction of sp³-hybridized carbons (Fsp3) is 0.412. The Hall–Kier alpha value is -2.10. The number of hydrogen-bond acceptors (Lipinski definition) is 4. The van der Waals surface area contributed by atoms with Gasteiger partial charge in [-0.25, -0.2) is 9.97 Å². The Labute approximate surface area is 126 Å². The Morgan fingerprint density at radius 1 is 1.10 bits per heavy atom. The number of nitrogens with zero attached hydrogens (tertiary/aromatic N) is 2. The van der Waals surface area contributed by atoms with E-state index in [4.69, 9.17) is 4.98 Å². The molecule has 110 valence electrons. The van der Waals surface area contributed by atoms with Crippen LogP contribution in [0.25, 0.3) is 0 Å². The van der Waals surface area contributed by atoms with Gasteiger partial charge < -0.3 is 10.6 Å². The van der Waals surface area contributed by atoms with Gasteiger partial charge in [0.2, 0.25) is 0 Å². The second-order valence-corrected chi connectivity index (χ2v) is 5.71. The number of rotatable bonds is 5. The highest BCUT2D eigenvalue weighted by Crippen LogP contribution is 2.39. The molecular weight excluding hydrogens is 260 g/mol. The average molecular weight is 282 g/mol. The first-order chi connectivity index (χ1) is 10.2. The molecule has 0 saturated heterocycles. The van der Waals surface area contributed by atoms with Crippen molar-refractivity contribution >= 4 is 11.6 Å². The zero-order valence-corrected chi connectivity index (χ0v) is 12.9. The highest BCUT2D eigenvalue weighted by Gasteiger charge is 2.28. The fourth-order valence-corrected chi connectivity index (χ4v) is 2.46. The smallest absolute Gasteiger partial charge is 0.136 e. The third-order valence-corrected chi connectivity index (χ3v) is 4.05. The van der Waals surface area contributed by atoms with E-state index in [0.717, 1.165) is 29.6 Å². The van der Waals surface area contributed by atoms with Gasteiger partial charge >= 0.3 is 0 Å². The third kappa shape index (κ3) is 2.99. The van der Waals surface area contributed by atoms with Crippen molar-refractivity contribution in [1.29, 1.82) is 0 Å². The number of anilines is 2. The molecule has 1 aromatic carbocycles. The van der Waals surface area contributed by atoms with Gasteiger partial charge in [0.05, 0.1) is 0 Å². The first-order valence-corrected chi connectivity index (χ1v) is 7.53. The molecule has 0 bridgehead atoms. The molecule has 0 amide bonds. The van der Waals surface area contributed by atoms with Gasteiger partial charge in [0.25, 0.3) is 0 Å². The molecule has 2 aromatic rings. The zero-order valence-electron chi connectivity index (χ0n) is 12.9. The standard InChI is InChI=1S/C17H22N4/c1-11-6-4-5-7-14(11)10-19-16-12(2)15(18-3)20-17(21-16)13-8-9-13/h4-7,13H,8-10H2,1-3H3,(H2,18,19,20,21). The molecule has 1 heterocycles. The van der Waals surface area contributed by atoms with E-state index in [2.05, 4.69) is 53.7 Å². The lowest BCUT2D eigenvalue weighted by Crippen LogP contribution is -2.10. The summed E-state index contributed by atoms with van der Waals surface area (Å²) in [5.41, 5.74) is 3.68. The van der Waals surface area contributed by atoms with Crippen LogP contribution in [0.2, 0.25) is 0 Å². The number of benzene rings is 1. The first-order valence-electron chi connectivity index (χ1n) is 7.53. The van der Waals surface area contributed by atoms with Crippen LogP contribution in [-0.4, -0.2) is 17.0 Å². The molecule has 1 aliphatic carbocycles. The molecule has 1 aromatic heterocycles. The Morgan fingerprint density at radius 3 is 2.48 bits per heavy atom. The van der Waals surface area contributed by atoms with E-state index in [1.807, 2.05) is 7.05 Å². The molecule has 1 saturated carbocycles. The lowest BCUT2D eigenvalue weighted by molar-refractivity contribution is 0.913. The molecule has 1 aliphatic rings. The first kappa shape index (κ1) is 13.9. The summed E-state index contributed by atoms with van der Waals surface area (Å²) < 4.78 is 0. The van der Waals surface area contributed by atoms with Gasteiger partial charge in [-0.05, 0) is 37.8 Å². The summed E-state index contributed by atoms with van der Waals surface area (Å²) in [5, 5.41) is 6.65. The van der Waals surface area contributed by atoms with Crippen LogP contribution in [0.1, 0.15) is 41.3 Å². The van der Waals surface area contributed by atoms with E-state index in [9.17, 15) is 0 Å². The van der Waals surface area contributed by atoms with Crippen molar-refractivity contribution in [1.82, 2.24) is 9.97 Å². The van der Waals surface area contributed by atoms with Crippen LogP contribution in [0.4, 0.5) is 11.6 Å². The topological polar surface area (TPSA) is 49.8 Å². The van der Waals surface area contributed by atoms with Gasteiger partial charge in [-0.1, -0.05) is 24.3 Å². The van der Waals surface area contributed by atoms with Crippen molar-refractivity contribution in [3.8, 4) is 0 Å². The molecular formula is C17H22N4. The number of nitrogens with one attached hydrogen (secondary N) is 2.